The Bertz CT molecular complexity index is 1170. The lowest BCUT2D eigenvalue weighted by atomic mass is 10.1. The monoisotopic (exact) mass is 392 g/mol. The molecular weight excluding hydrogens is 372 g/mol. The zero-order valence-corrected chi connectivity index (χ0v) is 16.2. The second kappa shape index (κ2) is 7.22. The fourth-order valence-corrected chi connectivity index (χ4v) is 4.59. The van der Waals surface area contributed by atoms with Crippen LogP contribution >= 0.6 is 0 Å². The molecule has 0 radical (unpaired) electrons. The first-order chi connectivity index (χ1) is 13.5. The van der Waals surface area contributed by atoms with E-state index >= 15 is 0 Å². The van der Waals surface area contributed by atoms with Crippen molar-refractivity contribution in [1.82, 2.24) is 4.72 Å². The van der Waals surface area contributed by atoms with Gasteiger partial charge in [0.2, 0.25) is 10.0 Å². The molecule has 3 aromatic carbocycles. The molecule has 5 nitrogen and oxygen atoms in total. The average molecular weight is 392 g/mol. The van der Waals surface area contributed by atoms with Crippen LogP contribution < -0.4 is 10.0 Å². The van der Waals surface area contributed by atoms with Crippen LogP contribution in [0.4, 0.5) is 5.69 Å². The van der Waals surface area contributed by atoms with Crippen molar-refractivity contribution in [1.29, 1.82) is 0 Å². The van der Waals surface area contributed by atoms with Crippen LogP contribution in [0.15, 0.2) is 71.6 Å². The molecule has 2 N–H and O–H groups in total. The second-order valence-corrected chi connectivity index (χ2v) is 8.46. The molecule has 0 fully saturated rings. The van der Waals surface area contributed by atoms with Gasteiger partial charge in [-0.15, -0.1) is 0 Å². The Labute approximate surface area is 164 Å². The van der Waals surface area contributed by atoms with Gasteiger partial charge in [0.15, 0.2) is 0 Å². The molecule has 0 atom stereocenters. The summed E-state index contributed by atoms with van der Waals surface area (Å²) in [5, 5.41) is 2.87. The summed E-state index contributed by atoms with van der Waals surface area (Å²) in [5.41, 5.74) is 5.85. The summed E-state index contributed by atoms with van der Waals surface area (Å²) in [6.07, 6.45) is 0.839. The van der Waals surface area contributed by atoms with Crippen LogP contribution in [0.25, 0.3) is 11.1 Å². The maximum Gasteiger partial charge on any atom is 0.255 e. The summed E-state index contributed by atoms with van der Waals surface area (Å²) < 4.78 is 26.7. The molecule has 0 bridgehead atoms. The van der Waals surface area contributed by atoms with E-state index in [0.29, 0.717) is 11.3 Å². The summed E-state index contributed by atoms with van der Waals surface area (Å²) in [6.45, 7) is 2.00. The third-order valence-corrected chi connectivity index (χ3v) is 6.34. The first kappa shape index (κ1) is 18.4. The van der Waals surface area contributed by atoms with E-state index in [1.165, 1.54) is 34.4 Å². The number of fused-ring (bicyclic) bond motifs is 3. The van der Waals surface area contributed by atoms with Crippen molar-refractivity contribution in [2.45, 2.75) is 18.2 Å². The van der Waals surface area contributed by atoms with Gasteiger partial charge in [-0.1, -0.05) is 43.3 Å². The van der Waals surface area contributed by atoms with Crippen LogP contribution in [-0.4, -0.2) is 20.9 Å². The van der Waals surface area contributed by atoms with Gasteiger partial charge in [0.05, 0.1) is 4.90 Å². The number of nitrogens with one attached hydrogen (secondary N) is 2. The summed E-state index contributed by atoms with van der Waals surface area (Å²) in [6, 6.07) is 20.2. The number of anilines is 1. The lowest BCUT2D eigenvalue weighted by molar-refractivity contribution is 0.102. The van der Waals surface area contributed by atoms with Crippen molar-refractivity contribution in [2.75, 3.05) is 11.9 Å². The van der Waals surface area contributed by atoms with Crippen molar-refractivity contribution < 1.29 is 13.2 Å². The van der Waals surface area contributed by atoms with Gasteiger partial charge < -0.3 is 5.32 Å². The minimum Gasteiger partial charge on any atom is -0.322 e. The minimum absolute atomic E-state index is 0.0754. The van der Waals surface area contributed by atoms with E-state index in [0.717, 1.165) is 6.42 Å². The van der Waals surface area contributed by atoms with E-state index in [1.807, 2.05) is 30.3 Å². The Kier molecular flexibility index (Phi) is 4.75. The van der Waals surface area contributed by atoms with E-state index in [1.54, 1.807) is 19.1 Å². The molecular formula is C22H20N2O3S. The molecule has 0 heterocycles. The molecule has 1 aliphatic rings. The quantitative estimate of drug-likeness (QED) is 0.542. The van der Waals surface area contributed by atoms with Gasteiger partial charge in [-0.2, -0.15) is 0 Å². The van der Waals surface area contributed by atoms with Crippen molar-refractivity contribution in [2.24, 2.45) is 0 Å². The molecule has 0 saturated carbocycles. The summed E-state index contributed by atoms with van der Waals surface area (Å²) >= 11 is 0. The van der Waals surface area contributed by atoms with Crippen molar-refractivity contribution in [3.8, 4) is 11.1 Å². The fourth-order valence-electron chi connectivity index (χ4n) is 3.50. The molecule has 0 aliphatic heterocycles. The molecule has 4 rings (SSSR count). The topological polar surface area (TPSA) is 75.3 Å². The Hall–Kier alpha value is -2.96. The molecule has 28 heavy (non-hydrogen) atoms. The summed E-state index contributed by atoms with van der Waals surface area (Å²) in [4.78, 5) is 12.7. The predicted molar refractivity (Wildman–Crippen MR) is 110 cm³/mol. The number of benzene rings is 3. The second-order valence-electron chi connectivity index (χ2n) is 6.69. The standard InChI is InChI=1S/C22H20N2O3S/c1-2-23-28(26,27)19-8-5-7-16(14-19)22(25)24-18-10-11-21-17(13-18)12-15-6-3-4-9-20(15)21/h3-11,13-14,23H,2,12H2,1H3,(H,24,25). The molecule has 0 spiro atoms. The van der Waals surface area contributed by atoms with Crippen molar-refractivity contribution in [3.63, 3.8) is 0 Å². The molecule has 0 unspecified atom stereocenters. The highest BCUT2D eigenvalue weighted by molar-refractivity contribution is 7.89. The number of sulfonamides is 1. The zero-order valence-electron chi connectivity index (χ0n) is 15.4. The number of carbonyl (C=O) groups excluding carboxylic acids is 1. The van der Waals surface area contributed by atoms with E-state index in [9.17, 15) is 13.2 Å². The molecule has 6 heteroatoms. The van der Waals surface area contributed by atoms with Gasteiger partial charge in [0.1, 0.15) is 0 Å². The van der Waals surface area contributed by atoms with Crippen LogP contribution in [0.1, 0.15) is 28.4 Å². The van der Waals surface area contributed by atoms with Gasteiger partial charge in [-0.05, 0) is 59.0 Å². The molecule has 0 aromatic heterocycles. The third-order valence-electron chi connectivity index (χ3n) is 4.79. The maximum atomic E-state index is 12.6. The van der Waals surface area contributed by atoms with Crippen LogP contribution in [0, 0.1) is 0 Å². The van der Waals surface area contributed by atoms with Crippen LogP contribution in [0.2, 0.25) is 0 Å². The van der Waals surface area contributed by atoms with Gasteiger partial charge in [0.25, 0.3) is 5.91 Å². The van der Waals surface area contributed by atoms with E-state index in [2.05, 4.69) is 22.2 Å². The number of amides is 1. The highest BCUT2D eigenvalue weighted by Crippen LogP contribution is 2.37. The van der Waals surface area contributed by atoms with Gasteiger partial charge in [-0.3, -0.25) is 4.79 Å². The normalized spacial score (nSPS) is 12.3. The molecule has 3 aromatic rings. The lowest BCUT2D eigenvalue weighted by Crippen LogP contribution is -2.23. The zero-order chi connectivity index (χ0) is 19.7. The minimum atomic E-state index is -3.61. The Morgan fingerprint density at radius 2 is 1.71 bits per heavy atom. The molecule has 1 amide bonds. The predicted octanol–water partition coefficient (Wildman–Crippen LogP) is 3.81. The fraction of sp³-hybridized carbons (Fsp3) is 0.136. The number of hydrogen-bond acceptors (Lipinski definition) is 3. The summed E-state index contributed by atoms with van der Waals surface area (Å²) in [5.74, 6) is -0.344. The molecule has 0 saturated heterocycles. The molecule has 142 valence electrons. The van der Waals surface area contributed by atoms with E-state index in [-0.39, 0.29) is 17.3 Å². The molecule has 1 aliphatic carbocycles. The first-order valence-corrected chi connectivity index (χ1v) is 10.6. The van der Waals surface area contributed by atoms with Crippen molar-refractivity contribution in [3.05, 3.63) is 83.4 Å². The Morgan fingerprint density at radius 3 is 2.54 bits per heavy atom. The number of rotatable bonds is 5. The Morgan fingerprint density at radius 1 is 0.929 bits per heavy atom. The van der Waals surface area contributed by atoms with Crippen LogP contribution in [-0.2, 0) is 16.4 Å². The van der Waals surface area contributed by atoms with Gasteiger partial charge >= 0.3 is 0 Å². The van der Waals surface area contributed by atoms with Crippen LogP contribution in [0.3, 0.4) is 0 Å². The smallest absolute Gasteiger partial charge is 0.255 e. The van der Waals surface area contributed by atoms with Crippen LogP contribution in [0.5, 0.6) is 0 Å². The lowest BCUT2D eigenvalue weighted by Gasteiger charge is -2.09. The van der Waals surface area contributed by atoms with Gasteiger partial charge in [0, 0.05) is 17.8 Å². The maximum absolute atomic E-state index is 12.6. The number of carbonyl (C=O) groups is 1. The third kappa shape index (κ3) is 3.44. The summed E-state index contributed by atoms with van der Waals surface area (Å²) in [7, 11) is -3.61. The van der Waals surface area contributed by atoms with E-state index in [4.69, 9.17) is 0 Å². The number of hydrogen-bond donors (Lipinski definition) is 2. The first-order valence-electron chi connectivity index (χ1n) is 9.10. The SMILES string of the molecule is CCNS(=O)(=O)c1cccc(C(=O)Nc2ccc3c(c2)Cc2ccccc2-3)c1. The van der Waals surface area contributed by atoms with E-state index < -0.39 is 10.0 Å². The largest absolute Gasteiger partial charge is 0.322 e. The van der Waals surface area contributed by atoms with Crippen molar-refractivity contribution >= 4 is 21.6 Å². The average Bonchev–Trinajstić information content (AvgIpc) is 3.06. The van der Waals surface area contributed by atoms with Gasteiger partial charge in [-0.25, -0.2) is 13.1 Å². The Balaban J connectivity index is 1.56. The highest BCUT2D eigenvalue weighted by Gasteiger charge is 2.19. The highest BCUT2D eigenvalue weighted by atomic mass is 32.2.